The Balaban J connectivity index is 1.44. The molecule has 6 N–H and O–H groups in total. The number of hydrogen-bond donors (Lipinski definition) is 4. The molecule has 164 valence electrons. The molecule has 2 fully saturated rings. The van der Waals surface area contributed by atoms with Gasteiger partial charge in [-0.05, 0) is 56.4 Å². The second-order valence-electron chi connectivity index (χ2n) is 8.77. The van der Waals surface area contributed by atoms with Crippen LogP contribution in [0.15, 0.2) is 6.33 Å². The zero-order valence-electron chi connectivity index (χ0n) is 17.1. The topological polar surface area (TPSA) is 145 Å². The minimum Gasteiger partial charge on any atom is -0.383 e. The van der Waals surface area contributed by atoms with Gasteiger partial charge in [0.05, 0.1) is 11.9 Å². The highest BCUT2D eigenvalue weighted by Crippen LogP contribution is 2.42. The molecular formula is C21H26N6O3S. The van der Waals surface area contributed by atoms with E-state index in [4.69, 9.17) is 11.5 Å². The Morgan fingerprint density at radius 3 is 2.61 bits per heavy atom. The predicted molar refractivity (Wildman–Crippen MR) is 117 cm³/mol. The van der Waals surface area contributed by atoms with Crippen LogP contribution in [-0.2, 0) is 17.6 Å². The summed E-state index contributed by atoms with van der Waals surface area (Å²) < 4.78 is 1.77. The van der Waals surface area contributed by atoms with Crippen molar-refractivity contribution in [2.45, 2.75) is 51.0 Å². The summed E-state index contributed by atoms with van der Waals surface area (Å²) in [7, 11) is 0. The van der Waals surface area contributed by atoms with Crippen molar-refractivity contribution >= 4 is 39.9 Å². The summed E-state index contributed by atoms with van der Waals surface area (Å²) in [5.41, 5.74) is 13.1. The lowest BCUT2D eigenvalue weighted by Gasteiger charge is -2.25. The number of primary amides is 1. The molecule has 31 heavy (non-hydrogen) atoms. The molecule has 3 amide bonds. The highest BCUT2D eigenvalue weighted by molar-refractivity contribution is 7.17. The first-order chi connectivity index (χ1) is 14.9. The SMILES string of the molecule is NC(=O)c1ncn([C@H]2CCc3sc(NC(=O)C4CC4)c(C(=O)NCC4CC4)c3C2)c1N. The van der Waals surface area contributed by atoms with Crippen LogP contribution in [0, 0.1) is 11.8 Å². The number of carbonyl (C=O) groups excluding carboxylic acids is 3. The molecule has 5 rings (SSSR count). The Kier molecular flexibility index (Phi) is 4.96. The van der Waals surface area contributed by atoms with E-state index in [0.717, 1.165) is 49.0 Å². The van der Waals surface area contributed by atoms with Gasteiger partial charge in [0.2, 0.25) is 5.91 Å². The Morgan fingerprint density at radius 2 is 1.97 bits per heavy atom. The number of nitrogens with zero attached hydrogens (tertiary/aromatic N) is 2. The van der Waals surface area contributed by atoms with E-state index >= 15 is 0 Å². The molecule has 10 heteroatoms. The van der Waals surface area contributed by atoms with Crippen LogP contribution in [0.5, 0.6) is 0 Å². The maximum Gasteiger partial charge on any atom is 0.271 e. The van der Waals surface area contributed by atoms with Crippen LogP contribution >= 0.6 is 11.3 Å². The fraction of sp³-hybridized carbons (Fsp3) is 0.524. The summed E-state index contributed by atoms with van der Waals surface area (Å²) in [5, 5.41) is 6.71. The lowest BCUT2D eigenvalue weighted by molar-refractivity contribution is -0.117. The Morgan fingerprint density at radius 1 is 1.19 bits per heavy atom. The fourth-order valence-corrected chi connectivity index (χ4v) is 5.43. The molecule has 2 heterocycles. The van der Waals surface area contributed by atoms with Crippen molar-refractivity contribution in [3.8, 4) is 0 Å². The van der Waals surface area contributed by atoms with Gasteiger partial charge in [0.1, 0.15) is 10.8 Å². The Hall–Kier alpha value is -2.88. The molecule has 0 spiro atoms. The number of hydrogen-bond acceptors (Lipinski definition) is 6. The van der Waals surface area contributed by atoms with Gasteiger partial charge < -0.3 is 26.7 Å². The number of nitrogens with two attached hydrogens (primary N) is 2. The van der Waals surface area contributed by atoms with Crippen LogP contribution in [0.25, 0.3) is 0 Å². The maximum atomic E-state index is 13.1. The van der Waals surface area contributed by atoms with E-state index in [2.05, 4.69) is 15.6 Å². The van der Waals surface area contributed by atoms with Crippen molar-refractivity contribution in [2.24, 2.45) is 17.6 Å². The molecule has 0 unspecified atom stereocenters. The van der Waals surface area contributed by atoms with E-state index in [9.17, 15) is 14.4 Å². The highest BCUT2D eigenvalue weighted by Gasteiger charge is 2.35. The maximum absolute atomic E-state index is 13.1. The fourth-order valence-electron chi connectivity index (χ4n) is 4.19. The summed E-state index contributed by atoms with van der Waals surface area (Å²) in [6, 6.07) is -0.0373. The average Bonchev–Trinajstić information content (AvgIpc) is 3.65. The molecule has 2 aromatic heterocycles. The quantitative estimate of drug-likeness (QED) is 0.517. The number of imidazole rings is 1. The van der Waals surface area contributed by atoms with Gasteiger partial charge in [0.15, 0.2) is 5.69 Å². The van der Waals surface area contributed by atoms with Crippen molar-refractivity contribution in [1.29, 1.82) is 0 Å². The number of nitrogens with one attached hydrogen (secondary N) is 2. The zero-order valence-corrected chi connectivity index (χ0v) is 18.0. The average molecular weight is 443 g/mol. The van der Waals surface area contributed by atoms with Gasteiger partial charge in [-0.1, -0.05) is 0 Å². The molecule has 3 aliphatic rings. The van der Waals surface area contributed by atoms with Crippen molar-refractivity contribution in [2.75, 3.05) is 17.6 Å². The van der Waals surface area contributed by atoms with Crippen LogP contribution in [0.2, 0.25) is 0 Å². The second kappa shape index (κ2) is 7.67. The molecule has 1 atom stereocenters. The lowest BCUT2D eigenvalue weighted by atomic mass is 9.91. The van der Waals surface area contributed by atoms with E-state index in [-0.39, 0.29) is 35.3 Å². The monoisotopic (exact) mass is 442 g/mol. The number of nitrogen functional groups attached to an aromatic ring is 1. The number of aromatic nitrogens is 2. The Labute approximate surface area is 183 Å². The van der Waals surface area contributed by atoms with E-state index in [1.165, 1.54) is 11.3 Å². The largest absolute Gasteiger partial charge is 0.383 e. The van der Waals surface area contributed by atoms with Gasteiger partial charge >= 0.3 is 0 Å². The Bertz CT molecular complexity index is 1070. The van der Waals surface area contributed by atoms with Crippen molar-refractivity contribution in [3.63, 3.8) is 0 Å². The molecular weight excluding hydrogens is 416 g/mol. The number of aryl methyl sites for hydroxylation is 1. The zero-order chi connectivity index (χ0) is 21.7. The number of thiophene rings is 1. The number of rotatable bonds is 7. The lowest BCUT2D eigenvalue weighted by Crippen LogP contribution is -2.28. The number of anilines is 2. The molecule has 2 aromatic rings. The first-order valence-corrected chi connectivity index (χ1v) is 11.6. The van der Waals surface area contributed by atoms with Crippen LogP contribution in [-0.4, -0.2) is 33.8 Å². The highest BCUT2D eigenvalue weighted by atomic mass is 32.1. The van der Waals surface area contributed by atoms with E-state index < -0.39 is 5.91 Å². The van der Waals surface area contributed by atoms with Crippen LogP contribution in [0.3, 0.4) is 0 Å². The summed E-state index contributed by atoms with van der Waals surface area (Å²) in [4.78, 5) is 42.3. The van der Waals surface area contributed by atoms with Gasteiger partial charge in [-0.25, -0.2) is 4.98 Å². The number of carbonyl (C=O) groups is 3. The van der Waals surface area contributed by atoms with Crippen molar-refractivity contribution in [3.05, 3.63) is 28.0 Å². The molecule has 0 bridgehead atoms. The summed E-state index contributed by atoms with van der Waals surface area (Å²) in [5.74, 6) is 0.0800. The van der Waals surface area contributed by atoms with Crippen molar-refractivity contribution in [1.82, 2.24) is 14.9 Å². The molecule has 0 aromatic carbocycles. The second-order valence-corrected chi connectivity index (χ2v) is 9.88. The summed E-state index contributed by atoms with van der Waals surface area (Å²) >= 11 is 1.50. The molecule has 2 saturated carbocycles. The van der Waals surface area contributed by atoms with Crippen LogP contribution in [0.4, 0.5) is 10.8 Å². The minimum atomic E-state index is -0.659. The molecule has 0 aliphatic heterocycles. The van der Waals surface area contributed by atoms with Gasteiger partial charge in [-0.3, -0.25) is 14.4 Å². The van der Waals surface area contributed by atoms with Crippen LogP contribution < -0.4 is 22.1 Å². The number of fused-ring (bicyclic) bond motifs is 1. The summed E-state index contributed by atoms with van der Waals surface area (Å²) in [6.45, 7) is 0.666. The van der Waals surface area contributed by atoms with E-state index in [1.807, 2.05) is 0 Å². The smallest absolute Gasteiger partial charge is 0.271 e. The minimum absolute atomic E-state index is 0.00339. The van der Waals surface area contributed by atoms with Crippen LogP contribution in [0.1, 0.15) is 69.4 Å². The van der Waals surface area contributed by atoms with E-state index in [0.29, 0.717) is 29.4 Å². The van der Waals surface area contributed by atoms with Gasteiger partial charge in [0.25, 0.3) is 11.8 Å². The summed E-state index contributed by atoms with van der Waals surface area (Å²) in [6.07, 6.45) is 7.79. The standard InChI is InChI=1S/C21H26N6O3S/c22-17-16(18(23)28)25-9-27(17)12-5-6-14-13(7-12)15(20(30)24-8-10-1-2-10)21(31-14)26-19(29)11-3-4-11/h9-12H,1-8,22H2,(H2,23,28)(H,24,30)(H,26,29)/t12-/m0/s1. The third-order valence-corrected chi connectivity index (χ3v) is 7.56. The first-order valence-electron chi connectivity index (χ1n) is 10.8. The predicted octanol–water partition coefficient (Wildman–Crippen LogP) is 1.84. The molecule has 0 radical (unpaired) electrons. The normalized spacial score (nSPS) is 20.2. The molecule has 3 aliphatic carbocycles. The molecule has 0 saturated heterocycles. The first kappa shape index (κ1) is 20.0. The van der Waals surface area contributed by atoms with Gasteiger partial charge in [0, 0.05) is 23.4 Å². The van der Waals surface area contributed by atoms with Gasteiger partial charge in [-0.2, -0.15) is 0 Å². The third kappa shape index (κ3) is 3.91. The number of amides is 3. The van der Waals surface area contributed by atoms with Gasteiger partial charge in [-0.15, -0.1) is 11.3 Å². The van der Waals surface area contributed by atoms with E-state index in [1.54, 1.807) is 10.9 Å². The molecule has 9 nitrogen and oxygen atoms in total. The van der Waals surface area contributed by atoms with Crippen molar-refractivity contribution < 1.29 is 14.4 Å². The third-order valence-electron chi connectivity index (χ3n) is 6.35.